The van der Waals surface area contributed by atoms with E-state index < -0.39 is 11.7 Å². The number of amides is 2. The van der Waals surface area contributed by atoms with Crippen LogP contribution < -0.4 is 0 Å². The highest BCUT2D eigenvalue weighted by Crippen LogP contribution is 2.45. The van der Waals surface area contributed by atoms with Gasteiger partial charge in [-0.2, -0.15) is 0 Å². The number of hydrogen-bond acceptors (Lipinski definition) is 5. The SMILES string of the molecule is CCCCSC(SCCCC)C1CC(c2ccc(-c3ccccc3)cc2)N(C(=O)OC(C)(C)C)C1=O. The number of imide groups is 1. The first kappa shape index (κ1) is 28.6. The predicted molar refractivity (Wildman–Crippen MR) is 154 cm³/mol. The Bertz CT molecular complexity index is 962. The molecule has 0 aromatic heterocycles. The van der Waals surface area contributed by atoms with Gasteiger partial charge in [0.05, 0.1) is 16.5 Å². The number of likely N-dealkylation sites (tertiary alicyclic amines) is 1. The molecule has 6 heteroatoms. The number of carbonyl (C=O) groups excluding carboxylic acids is 2. The first-order chi connectivity index (χ1) is 17.2. The maximum atomic E-state index is 13.8. The van der Waals surface area contributed by atoms with Crippen molar-refractivity contribution >= 4 is 35.5 Å². The normalized spacial score (nSPS) is 18.2. The van der Waals surface area contributed by atoms with Gasteiger partial charge in [-0.15, -0.1) is 23.5 Å². The number of thioether (sulfide) groups is 2. The van der Waals surface area contributed by atoms with Crippen LogP contribution in [-0.2, 0) is 9.53 Å². The number of rotatable bonds is 11. The second kappa shape index (κ2) is 13.6. The molecule has 1 aliphatic heterocycles. The van der Waals surface area contributed by atoms with Crippen molar-refractivity contribution in [1.82, 2.24) is 4.90 Å². The van der Waals surface area contributed by atoms with Crippen molar-refractivity contribution in [3.63, 3.8) is 0 Å². The van der Waals surface area contributed by atoms with E-state index in [-0.39, 0.29) is 22.4 Å². The maximum Gasteiger partial charge on any atom is 0.417 e. The standard InChI is InChI=1S/C30H41NO3S2/c1-6-8-19-35-28(36-20-9-7-2)25-21-26(31(27(25)32)29(33)34-30(3,4)5)24-17-15-23(16-18-24)22-13-11-10-12-14-22/h10-18,25-26,28H,6-9,19-21H2,1-5H3. The Balaban J connectivity index is 1.89. The lowest BCUT2D eigenvalue weighted by molar-refractivity contribution is -0.130. The van der Waals surface area contributed by atoms with Gasteiger partial charge in [-0.3, -0.25) is 4.79 Å². The molecule has 2 atom stereocenters. The monoisotopic (exact) mass is 527 g/mol. The average molecular weight is 528 g/mol. The Morgan fingerprint density at radius 3 is 2.03 bits per heavy atom. The molecule has 0 saturated carbocycles. The number of unbranched alkanes of at least 4 members (excludes halogenated alkanes) is 2. The lowest BCUT2D eigenvalue weighted by atomic mass is 9.97. The van der Waals surface area contributed by atoms with Gasteiger partial charge in [0.2, 0.25) is 5.91 Å². The van der Waals surface area contributed by atoms with E-state index in [0.717, 1.165) is 53.9 Å². The van der Waals surface area contributed by atoms with E-state index in [1.165, 1.54) is 4.90 Å². The highest BCUT2D eigenvalue weighted by Gasteiger charge is 2.48. The zero-order valence-electron chi connectivity index (χ0n) is 22.4. The molecule has 2 amide bonds. The van der Waals surface area contributed by atoms with Gasteiger partial charge in [0.1, 0.15) is 5.60 Å². The van der Waals surface area contributed by atoms with Crippen LogP contribution in [0.1, 0.15) is 78.3 Å². The summed E-state index contributed by atoms with van der Waals surface area (Å²) in [5, 5.41) is 0. The van der Waals surface area contributed by atoms with Crippen LogP contribution in [0, 0.1) is 5.92 Å². The number of benzene rings is 2. The molecule has 0 N–H and O–H groups in total. The van der Waals surface area contributed by atoms with Crippen LogP contribution in [0.2, 0.25) is 0 Å². The smallest absolute Gasteiger partial charge is 0.417 e. The van der Waals surface area contributed by atoms with Crippen molar-refractivity contribution in [3.8, 4) is 11.1 Å². The minimum atomic E-state index is -0.664. The molecule has 0 radical (unpaired) electrons. The fraction of sp³-hybridized carbons (Fsp3) is 0.533. The topological polar surface area (TPSA) is 46.6 Å². The summed E-state index contributed by atoms with van der Waals surface area (Å²) in [5.41, 5.74) is 2.58. The molecule has 3 rings (SSSR count). The van der Waals surface area contributed by atoms with Crippen LogP contribution in [0.15, 0.2) is 54.6 Å². The quantitative estimate of drug-likeness (QED) is 0.216. The van der Waals surface area contributed by atoms with E-state index in [0.29, 0.717) is 6.42 Å². The van der Waals surface area contributed by atoms with Crippen LogP contribution in [0.25, 0.3) is 11.1 Å². The van der Waals surface area contributed by atoms with Crippen molar-refractivity contribution in [1.29, 1.82) is 0 Å². The Hall–Kier alpha value is -1.92. The van der Waals surface area contributed by atoms with E-state index in [1.54, 1.807) is 0 Å². The summed E-state index contributed by atoms with van der Waals surface area (Å²) in [7, 11) is 0. The maximum absolute atomic E-state index is 13.8. The van der Waals surface area contributed by atoms with E-state index in [9.17, 15) is 9.59 Å². The summed E-state index contributed by atoms with van der Waals surface area (Å²) in [6.07, 6.45) is 4.64. The molecule has 196 valence electrons. The highest BCUT2D eigenvalue weighted by atomic mass is 32.2. The fourth-order valence-corrected chi connectivity index (χ4v) is 7.57. The molecule has 2 aromatic carbocycles. The summed E-state index contributed by atoms with van der Waals surface area (Å²) >= 11 is 3.77. The van der Waals surface area contributed by atoms with Gasteiger partial charge in [-0.05, 0) is 68.2 Å². The number of carbonyl (C=O) groups is 2. The Kier molecular flexibility index (Phi) is 10.8. The van der Waals surface area contributed by atoms with Gasteiger partial charge in [0.15, 0.2) is 0 Å². The van der Waals surface area contributed by atoms with Crippen molar-refractivity contribution < 1.29 is 14.3 Å². The minimum Gasteiger partial charge on any atom is -0.443 e. The fourth-order valence-electron chi connectivity index (χ4n) is 4.32. The summed E-state index contributed by atoms with van der Waals surface area (Å²) in [6, 6.07) is 18.2. The first-order valence-electron chi connectivity index (χ1n) is 13.2. The molecule has 0 spiro atoms. The van der Waals surface area contributed by atoms with Crippen LogP contribution in [0.3, 0.4) is 0 Å². The van der Waals surface area contributed by atoms with E-state index in [4.69, 9.17) is 4.74 Å². The van der Waals surface area contributed by atoms with Crippen molar-refractivity contribution in [2.24, 2.45) is 5.92 Å². The Morgan fingerprint density at radius 1 is 0.944 bits per heavy atom. The molecular formula is C30H41NO3S2. The molecule has 36 heavy (non-hydrogen) atoms. The highest BCUT2D eigenvalue weighted by molar-refractivity contribution is 8.17. The first-order valence-corrected chi connectivity index (χ1v) is 15.3. The third-order valence-electron chi connectivity index (χ3n) is 6.22. The van der Waals surface area contributed by atoms with Gasteiger partial charge >= 0.3 is 6.09 Å². The number of ether oxygens (including phenoxy) is 1. The average Bonchev–Trinajstić information content (AvgIpc) is 3.20. The summed E-state index contributed by atoms with van der Waals surface area (Å²) in [6.45, 7) is 9.92. The lowest BCUT2D eigenvalue weighted by Gasteiger charge is -2.27. The van der Waals surface area contributed by atoms with Crippen molar-refractivity contribution in [2.75, 3.05) is 11.5 Å². The zero-order chi connectivity index (χ0) is 26.1. The molecule has 2 unspecified atom stereocenters. The molecule has 4 nitrogen and oxygen atoms in total. The number of nitrogens with zero attached hydrogens (tertiary/aromatic N) is 1. The molecule has 2 aromatic rings. The minimum absolute atomic E-state index is 0.0978. The van der Waals surface area contributed by atoms with E-state index in [2.05, 4.69) is 50.2 Å². The molecule has 1 aliphatic rings. The van der Waals surface area contributed by atoms with Crippen molar-refractivity contribution in [3.05, 3.63) is 60.2 Å². The van der Waals surface area contributed by atoms with Crippen molar-refractivity contribution in [2.45, 2.75) is 82.9 Å². The molecular weight excluding hydrogens is 486 g/mol. The summed E-state index contributed by atoms with van der Waals surface area (Å²) in [5.74, 6) is 1.76. The molecule has 0 aliphatic carbocycles. The second-order valence-corrected chi connectivity index (χ2v) is 13.1. The number of hydrogen-bond donors (Lipinski definition) is 0. The predicted octanol–water partition coefficient (Wildman–Crippen LogP) is 8.57. The van der Waals surface area contributed by atoms with Gasteiger partial charge in [-0.25, -0.2) is 9.69 Å². The largest absolute Gasteiger partial charge is 0.443 e. The van der Waals surface area contributed by atoms with Crippen LogP contribution >= 0.6 is 23.5 Å². The third kappa shape index (κ3) is 7.79. The molecule has 1 heterocycles. The molecule has 1 saturated heterocycles. The Morgan fingerprint density at radius 2 is 1.50 bits per heavy atom. The lowest BCUT2D eigenvalue weighted by Crippen LogP contribution is -2.40. The summed E-state index contributed by atoms with van der Waals surface area (Å²) in [4.78, 5) is 28.5. The summed E-state index contributed by atoms with van der Waals surface area (Å²) < 4.78 is 5.86. The van der Waals surface area contributed by atoms with Gasteiger partial charge < -0.3 is 4.74 Å². The molecule has 1 fully saturated rings. The van der Waals surface area contributed by atoms with Gasteiger partial charge in [0, 0.05) is 0 Å². The Labute approximate surface area is 225 Å². The van der Waals surface area contributed by atoms with Crippen LogP contribution in [0.5, 0.6) is 0 Å². The van der Waals surface area contributed by atoms with Gasteiger partial charge in [-0.1, -0.05) is 81.3 Å². The third-order valence-corrected chi connectivity index (χ3v) is 9.40. The second-order valence-electron chi connectivity index (χ2n) is 10.4. The van der Waals surface area contributed by atoms with E-state index in [1.807, 2.05) is 62.5 Å². The van der Waals surface area contributed by atoms with Gasteiger partial charge in [0.25, 0.3) is 0 Å². The van der Waals surface area contributed by atoms with Crippen LogP contribution in [-0.4, -0.2) is 38.6 Å². The van der Waals surface area contributed by atoms with E-state index >= 15 is 0 Å². The van der Waals surface area contributed by atoms with Crippen LogP contribution in [0.4, 0.5) is 4.79 Å². The zero-order valence-corrected chi connectivity index (χ0v) is 24.0. The molecule has 0 bridgehead atoms.